The topological polar surface area (TPSA) is 98.3 Å². The summed E-state index contributed by atoms with van der Waals surface area (Å²) in [6.45, 7) is 1.69. The number of Topliss-reactive ketones (excluding diaryl/α,β-unsaturated/α-hetero) is 1. The zero-order valence-electron chi connectivity index (χ0n) is 19.0. The Labute approximate surface area is 200 Å². The molecule has 0 amide bonds. The van der Waals surface area contributed by atoms with Gasteiger partial charge < -0.3 is 15.6 Å². The molecular weight excluding hydrogens is 459 g/mol. The molecule has 2 fully saturated rings. The monoisotopic (exact) mass is 483 g/mol. The fourth-order valence-electron chi connectivity index (χ4n) is 4.83. The first kappa shape index (κ1) is 23.6. The molecule has 2 aromatic heterocycles. The van der Waals surface area contributed by atoms with E-state index in [4.69, 9.17) is 10.5 Å². The first-order chi connectivity index (χ1) is 16.6. The van der Waals surface area contributed by atoms with E-state index >= 15 is 0 Å². The lowest BCUT2D eigenvalue weighted by atomic mass is 9.80. The van der Waals surface area contributed by atoms with Crippen molar-refractivity contribution in [1.82, 2.24) is 9.97 Å². The number of rotatable bonds is 5. The predicted molar refractivity (Wildman–Crippen MR) is 121 cm³/mol. The molecule has 1 aliphatic carbocycles. The lowest BCUT2D eigenvalue weighted by Crippen LogP contribution is -2.60. The van der Waals surface area contributed by atoms with Crippen LogP contribution in [0, 0.1) is 17.5 Å². The van der Waals surface area contributed by atoms with E-state index in [9.17, 15) is 23.1 Å². The number of nitrogens with two attached hydrogens (primary N) is 1. The van der Waals surface area contributed by atoms with Crippen molar-refractivity contribution in [3.8, 4) is 11.3 Å². The molecule has 1 aliphatic heterocycles. The number of carbonyl (C=O) groups excluding carboxylic acids is 1. The second-order valence-electron chi connectivity index (χ2n) is 9.39. The van der Waals surface area contributed by atoms with E-state index in [0.717, 1.165) is 24.3 Å². The Hall–Kier alpha value is -3.14. The van der Waals surface area contributed by atoms with Crippen LogP contribution in [0.1, 0.15) is 53.9 Å². The minimum absolute atomic E-state index is 0.137. The highest BCUT2D eigenvalue weighted by atomic mass is 19.1. The maximum Gasteiger partial charge on any atom is 0.185 e. The van der Waals surface area contributed by atoms with Gasteiger partial charge in [-0.2, -0.15) is 0 Å². The summed E-state index contributed by atoms with van der Waals surface area (Å²) in [6, 6.07) is 6.53. The number of halogens is 3. The summed E-state index contributed by atoms with van der Waals surface area (Å²) in [4.78, 5) is 21.2. The average molecular weight is 483 g/mol. The molecular formula is C26H24F3N3O3. The molecule has 182 valence electrons. The Balaban J connectivity index is 1.44. The summed E-state index contributed by atoms with van der Waals surface area (Å²) in [5.41, 5.74) is 4.37. The number of aromatic nitrogens is 2. The van der Waals surface area contributed by atoms with E-state index in [-0.39, 0.29) is 12.1 Å². The summed E-state index contributed by atoms with van der Waals surface area (Å²) in [5, 5.41) is 10.8. The van der Waals surface area contributed by atoms with Crippen LogP contribution in [0.25, 0.3) is 11.3 Å². The van der Waals surface area contributed by atoms with Gasteiger partial charge in [-0.1, -0.05) is 6.07 Å². The van der Waals surface area contributed by atoms with Crippen LogP contribution in [0.3, 0.4) is 0 Å². The fraction of sp³-hybridized carbons (Fsp3) is 0.346. The molecule has 0 bridgehead atoms. The molecule has 3 aromatic rings. The van der Waals surface area contributed by atoms with Crippen LogP contribution < -0.4 is 5.73 Å². The van der Waals surface area contributed by atoms with Gasteiger partial charge in [0.25, 0.3) is 0 Å². The molecule has 6 nitrogen and oxygen atoms in total. The van der Waals surface area contributed by atoms with Gasteiger partial charge in [0.2, 0.25) is 0 Å². The van der Waals surface area contributed by atoms with Gasteiger partial charge in [-0.3, -0.25) is 9.78 Å². The Morgan fingerprint density at radius 2 is 1.86 bits per heavy atom. The number of ether oxygens (including phenoxy) is 1. The van der Waals surface area contributed by atoms with Crippen molar-refractivity contribution in [2.45, 2.75) is 56.0 Å². The Morgan fingerprint density at radius 3 is 2.54 bits per heavy atom. The van der Waals surface area contributed by atoms with Crippen molar-refractivity contribution >= 4 is 5.78 Å². The quantitative estimate of drug-likeness (QED) is 0.531. The summed E-state index contributed by atoms with van der Waals surface area (Å²) < 4.78 is 49.2. The summed E-state index contributed by atoms with van der Waals surface area (Å²) in [5.74, 6) is -3.39. The van der Waals surface area contributed by atoms with Crippen molar-refractivity contribution in [3.05, 3.63) is 83.1 Å². The number of ketones is 1. The molecule has 3 atom stereocenters. The lowest BCUT2D eigenvalue weighted by Gasteiger charge is -2.46. The second-order valence-corrected chi connectivity index (χ2v) is 9.39. The highest BCUT2D eigenvalue weighted by Gasteiger charge is 2.64. The first-order valence-corrected chi connectivity index (χ1v) is 11.4. The smallest absolute Gasteiger partial charge is 0.185 e. The van der Waals surface area contributed by atoms with Gasteiger partial charge in [0, 0.05) is 24.9 Å². The minimum atomic E-state index is -1.15. The zero-order valence-corrected chi connectivity index (χ0v) is 19.0. The third-order valence-electron chi connectivity index (χ3n) is 7.15. The standard InChI is InChI=1S/C26H24F3N3O3/c1-25(34)22(30)12-21(35-26(25)8-9-26)15-7-10-31-13-14(15)11-20(33)19-6-5-18(29)24(32-19)23-16(27)3-2-4-17(23)28/h2-7,10,13,21-22,34H,8-9,11-12,30H2,1H3/t21-,22-,25+/m1/s1. The van der Waals surface area contributed by atoms with Gasteiger partial charge in [0.05, 0.1) is 17.3 Å². The van der Waals surface area contributed by atoms with E-state index in [2.05, 4.69) is 9.97 Å². The number of nitrogens with zero attached hydrogens (tertiary/aromatic N) is 2. The zero-order chi connectivity index (χ0) is 25.0. The van der Waals surface area contributed by atoms with Crippen LogP contribution >= 0.6 is 0 Å². The van der Waals surface area contributed by atoms with E-state index in [1.54, 1.807) is 19.2 Å². The normalized spacial score (nSPS) is 25.0. The van der Waals surface area contributed by atoms with Gasteiger partial charge >= 0.3 is 0 Å². The molecule has 9 heteroatoms. The number of hydrogen-bond acceptors (Lipinski definition) is 6. The third kappa shape index (κ3) is 4.03. The Morgan fingerprint density at radius 1 is 1.14 bits per heavy atom. The first-order valence-electron chi connectivity index (χ1n) is 11.4. The van der Waals surface area contributed by atoms with Crippen molar-refractivity contribution in [2.24, 2.45) is 5.73 Å². The highest BCUT2D eigenvalue weighted by molar-refractivity contribution is 5.96. The predicted octanol–water partition coefficient (Wildman–Crippen LogP) is 4.06. The molecule has 1 saturated heterocycles. The number of hydrogen-bond donors (Lipinski definition) is 2. The number of benzene rings is 1. The second kappa shape index (κ2) is 8.51. The molecule has 3 heterocycles. The van der Waals surface area contributed by atoms with Crippen LogP contribution in [0.5, 0.6) is 0 Å². The Bertz CT molecular complexity index is 1290. The maximum atomic E-state index is 14.4. The maximum absolute atomic E-state index is 14.4. The van der Waals surface area contributed by atoms with Crippen molar-refractivity contribution in [3.63, 3.8) is 0 Å². The lowest BCUT2D eigenvalue weighted by molar-refractivity contribution is -0.196. The summed E-state index contributed by atoms with van der Waals surface area (Å²) >= 11 is 0. The highest BCUT2D eigenvalue weighted by Crippen LogP contribution is 2.56. The summed E-state index contributed by atoms with van der Waals surface area (Å²) in [7, 11) is 0. The van der Waals surface area contributed by atoms with E-state index < -0.39 is 57.8 Å². The van der Waals surface area contributed by atoms with Crippen molar-refractivity contribution in [2.75, 3.05) is 0 Å². The van der Waals surface area contributed by atoms with E-state index in [1.807, 2.05) is 0 Å². The van der Waals surface area contributed by atoms with Crippen LogP contribution in [-0.2, 0) is 11.2 Å². The van der Waals surface area contributed by atoms with Gasteiger partial charge in [0.1, 0.15) is 34.4 Å². The minimum Gasteiger partial charge on any atom is -0.386 e. The third-order valence-corrected chi connectivity index (χ3v) is 7.15. The number of carbonyl (C=O) groups is 1. The number of pyridine rings is 2. The van der Waals surface area contributed by atoms with Crippen LogP contribution in [0.15, 0.2) is 48.8 Å². The fourth-order valence-corrected chi connectivity index (χ4v) is 4.83. The van der Waals surface area contributed by atoms with Gasteiger partial charge in [-0.15, -0.1) is 0 Å². The van der Waals surface area contributed by atoms with Crippen molar-refractivity contribution in [1.29, 1.82) is 0 Å². The summed E-state index contributed by atoms with van der Waals surface area (Å²) in [6.07, 6.45) is 4.28. The van der Waals surface area contributed by atoms with Crippen LogP contribution in [0.2, 0.25) is 0 Å². The van der Waals surface area contributed by atoms with Gasteiger partial charge in [0.15, 0.2) is 5.78 Å². The molecule has 1 saturated carbocycles. The Kier molecular flexibility index (Phi) is 5.74. The molecule has 1 spiro atoms. The van der Waals surface area contributed by atoms with E-state index in [1.165, 1.54) is 12.3 Å². The number of aliphatic hydroxyl groups is 1. The molecule has 2 aliphatic rings. The van der Waals surface area contributed by atoms with Crippen molar-refractivity contribution < 1.29 is 27.8 Å². The molecule has 35 heavy (non-hydrogen) atoms. The van der Waals surface area contributed by atoms with E-state index in [0.29, 0.717) is 30.4 Å². The molecule has 3 N–H and O–H groups in total. The SMILES string of the molecule is C[C@]1(O)[C@H](N)C[C@H](c2ccncc2CC(=O)c2ccc(F)c(-c3c(F)cccc3F)n2)OC12CC2. The molecule has 1 aromatic carbocycles. The average Bonchev–Trinajstić information content (AvgIpc) is 3.60. The molecule has 0 unspecified atom stereocenters. The largest absolute Gasteiger partial charge is 0.386 e. The molecule has 0 radical (unpaired) electrons. The molecule has 5 rings (SSSR count). The van der Waals surface area contributed by atoms with Crippen LogP contribution in [0.4, 0.5) is 13.2 Å². The van der Waals surface area contributed by atoms with Gasteiger partial charge in [-0.25, -0.2) is 18.2 Å². The van der Waals surface area contributed by atoms with Crippen LogP contribution in [-0.4, -0.2) is 38.1 Å². The van der Waals surface area contributed by atoms with Gasteiger partial charge in [-0.05, 0) is 67.6 Å².